The Morgan fingerprint density at radius 2 is 1.81 bits per heavy atom. The normalized spacial score (nSPS) is 29.2. The van der Waals surface area contributed by atoms with Crippen LogP contribution in [0.5, 0.6) is 0 Å². The molecule has 0 spiro atoms. The minimum Gasteiger partial charge on any atom is -0.312 e. The van der Waals surface area contributed by atoms with E-state index < -0.39 is 0 Å². The molecule has 1 heterocycles. The highest BCUT2D eigenvalue weighted by atomic mass is 16.2. The van der Waals surface area contributed by atoms with E-state index >= 15 is 0 Å². The van der Waals surface area contributed by atoms with Crippen molar-refractivity contribution in [2.75, 3.05) is 11.4 Å². The maximum absolute atomic E-state index is 12.3. The van der Waals surface area contributed by atoms with E-state index in [4.69, 9.17) is 0 Å². The molecule has 84 valence electrons. The summed E-state index contributed by atoms with van der Waals surface area (Å²) in [6.45, 7) is 0.938. The number of para-hydroxylation sites is 1. The van der Waals surface area contributed by atoms with E-state index in [9.17, 15) is 4.79 Å². The van der Waals surface area contributed by atoms with Gasteiger partial charge < -0.3 is 4.90 Å². The molecule has 0 aromatic heterocycles. The molecule has 1 saturated carbocycles. The molecule has 3 rings (SSSR count). The first-order chi connectivity index (χ1) is 7.86. The molecular weight excluding hydrogens is 198 g/mol. The summed E-state index contributed by atoms with van der Waals surface area (Å²) >= 11 is 0. The largest absolute Gasteiger partial charge is 0.312 e. The molecule has 1 aliphatic carbocycles. The van der Waals surface area contributed by atoms with E-state index in [2.05, 4.69) is 0 Å². The molecule has 2 nitrogen and oxygen atoms in total. The number of hydrogen-bond acceptors (Lipinski definition) is 1. The van der Waals surface area contributed by atoms with E-state index in [0.717, 1.165) is 18.7 Å². The van der Waals surface area contributed by atoms with Crippen LogP contribution in [0.25, 0.3) is 0 Å². The van der Waals surface area contributed by atoms with Crippen molar-refractivity contribution in [1.82, 2.24) is 0 Å². The van der Waals surface area contributed by atoms with Crippen molar-refractivity contribution < 1.29 is 4.79 Å². The van der Waals surface area contributed by atoms with Crippen LogP contribution in [0.15, 0.2) is 30.3 Å². The summed E-state index contributed by atoms with van der Waals surface area (Å²) in [4.78, 5) is 14.3. The monoisotopic (exact) mass is 215 g/mol. The Morgan fingerprint density at radius 3 is 2.56 bits per heavy atom. The molecule has 16 heavy (non-hydrogen) atoms. The van der Waals surface area contributed by atoms with Gasteiger partial charge in [-0.2, -0.15) is 0 Å². The molecule has 1 aromatic carbocycles. The average molecular weight is 215 g/mol. The van der Waals surface area contributed by atoms with Crippen LogP contribution in [0.2, 0.25) is 0 Å². The van der Waals surface area contributed by atoms with Crippen molar-refractivity contribution in [1.29, 1.82) is 0 Å². The van der Waals surface area contributed by atoms with Crippen LogP contribution in [-0.2, 0) is 4.79 Å². The number of amides is 1. The van der Waals surface area contributed by atoms with Gasteiger partial charge in [0.15, 0.2) is 0 Å². The number of hydrogen-bond donors (Lipinski definition) is 0. The van der Waals surface area contributed by atoms with Gasteiger partial charge in [0.2, 0.25) is 5.91 Å². The van der Waals surface area contributed by atoms with Gasteiger partial charge >= 0.3 is 0 Å². The third kappa shape index (κ3) is 1.53. The summed E-state index contributed by atoms with van der Waals surface area (Å²) in [5.74, 6) is 1.28. The fraction of sp³-hybridized carbons (Fsp3) is 0.500. The number of nitrogens with zero attached hydrogens (tertiary/aromatic N) is 1. The zero-order chi connectivity index (χ0) is 11.0. The molecule has 2 aliphatic rings. The fourth-order valence-corrected chi connectivity index (χ4v) is 3.12. The lowest BCUT2D eigenvalue weighted by molar-refractivity contribution is -0.121. The quantitative estimate of drug-likeness (QED) is 0.705. The van der Waals surface area contributed by atoms with Crippen molar-refractivity contribution in [2.24, 2.45) is 11.8 Å². The first kappa shape index (κ1) is 9.88. The van der Waals surface area contributed by atoms with Crippen LogP contribution in [0, 0.1) is 11.8 Å². The van der Waals surface area contributed by atoms with E-state index in [1.165, 1.54) is 19.3 Å². The Kier molecular flexibility index (Phi) is 2.43. The molecule has 1 aliphatic heterocycles. The number of carbonyl (C=O) groups is 1. The summed E-state index contributed by atoms with van der Waals surface area (Å²) < 4.78 is 0. The lowest BCUT2D eigenvalue weighted by Gasteiger charge is -2.21. The van der Waals surface area contributed by atoms with Crippen molar-refractivity contribution in [3.8, 4) is 0 Å². The molecule has 0 unspecified atom stereocenters. The summed E-state index contributed by atoms with van der Waals surface area (Å²) in [5, 5.41) is 0. The fourth-order valence-electron chi connectivity index (χ4n) is 3.12. The maximum atomic E-state index is 12.3. The van der Waals surface area contributed by atoms with Crippen LogP contribution in [0.1, 0.15) is 25.7 Å². The van der Waals surface area contributed by atoms with E-state index in [1.807, 2.05) is 35.2 Å². The topological polar surface area (TPSA) is 20.3 Å². The van der Waals surface area contributed by atoms with Gasteiger partial charge in [0, 0.05) is 18.2 Å². The summed E-state index contributed by atoms with van der Waals surface area (Å²) in [5.41, 5.74) is 1.07. The second-order valence-corrected chi connectivity index (χ2v) is 4.94. The van der Waals surface area contributed by atoms with Crippen molar-refractivity contribution >= 4 is 11.6 Å². The lowest BCUT2D eigenvalue weighted by atomic mass is 9.81. The van der Waals surface area contributed by atoms with Crippen LogP contribution < -0.4 is 4.90 Å². The smallest absolute Gasteiger partial charge is 0.230 e. The van der Waals surface area contributed by atoms with Crippen LogP contribution in [0.3, 0.4) is 0 Å². The second kappa shape index (κ2) is 3.93. The first-order valence-electron chi connectivity index (χ1n) is 6.23. The molecule has 0 N–H and O–H groups in total. The summed E-state index contributed by atoms with van der Waals surface area (Å²) in [7, 11) is 0. The van der Waals surface area contributed by atoms with Gasteiger partial charge in [-0.05, 0) is 30.9 Å². The molecule has 0 radical (unpaired) electrons. The minimum absolute atomic E-state index is 0.314. The number of anilines is 1. The van der Waals surface area contributed by atoms with Gasteiger partial charge in [0.05, 0.1) is 0 Å². The maximum Gasteiger partial charge on any atom is 0.230 e. The first-order valence-corrected chi connectivity index (χ1v) is 6.23. The Morgan fingerprint density at radius 1 is 1.06 bits per heavy atom. The van der Waals surface area contributed by atoms with E-state index in [1.54, 1.807) is 0 Å². The number of fused-ring (bicyclic) bond motifs is 1. The average Bonchev–Trinajstić information content (AvgIpc) is 2.69. The molecule has 2 heteroatoms. The predicted octanol–water partition coefficient (Wildman–Crippen LogP) is 2.84. The Balaban J connectivity index is 1.86. The Labute approximate surface area is 96.3 Å². The second-order valence-electron chi connectivity index (χ2n) is 4.94. The molecule has 0 bridgehead atoms. The number of benzene rings is 1. The molecule has 2 atom stereocenters. The Hall–Kier alpha value is -1.31. The molecular formula is C14H17NO. The van der Waals surface area contributed by atoms with Gasteiger partial charge in [-0.3, -0.25) is 4.79 Å². The van der Waals surface area contributed by atoms with Crippen molar-refractivity contribution in [3.05, 3.63) is 30.3 Å². The van der Waals surface area contributed by atoms with Crippen LogP contribution >= 0.6 is 0 Å². The van der Waals surface area contributed by atoms with Gasteiger partial charge in [-0.1, -0.05) is 31.0 Å². The highest BCUT2D eigenvalue weighted by molar-refractivity contribution is 5.97. The van der Waals surface area contributed by atoms with Crippen LogP contribution in [-0.4, -0.2) is 12.5 Å². The molecule has 1 aromatic rings. The molecule has 1 saturated heterocycles. The number of carbonyl (C=O) groups excluding carboxylic acids is 1. The third-order valence-electron chi connectivity index (χ3n) is 3.98. The zero-order valence-corrected chi connectivity index (χ0v) is 9.43. The van der Waals surface area contributed by atoms with Crippen molar-refractivity contribution in [3.63, 3.8) is 0 Å². The lowest BCUT2D eigenvalue weighted by Crippen LogP contribution is -2.26. The van der Waals surface area contributed by atoms with Gasteiger partial charge in [0.1, 0.15) is 0 Å². The summed E-state index contributed by atoms with van der Waals surface area (Å²) in [6, 6.07) is 10.1. The van der Waals surface area contributed by atoms with Gasteiger partial charge in [0.25, 0.3) is 0 Å². The highest BCUT2D eigenvalue weighted by Crippen LogP contribution is 2.38. The Bertz CT molecular complexity index is 387. The highest BCUT2D eigenvalue weighted by Gasteiger charge is 2.41. The summed E-state index contributed by atoms with van der Waals surface area (Å²) in [6.07, 6.45) is 4.87. The van der Waals surface area contributed by atoms with Crippen molar-refractivity contribution in [2.45, 2.75) is 25.7 Å². The predicted molar refractivity (Wildman–Crippen MR) is 64.2 cm³/mol. The van der Waals surface area contributed by atoms with Crippen LogP contribution in [0.4, 0.5) is 5.69 Å². The van der Waals surface area contributed by atoms with E-state index in [-0.39, 0.29) is 0 Å². The third-order valence-corrected chi connectivity index (χ3v) is 3.98. The van der Waals surface area contributed by atoms with Gasteiger partial charge in [-0.15, -0.1) is 0 Å². The van der Waals surface area contributed by atoms with Gasteiger partial charge in [-0.25, -0.2) is 0 Å². The number of rotatable bonds is 1. The zero-order valence-electron chi connectivity index (χ0n) is 9.43. The minimum atomic E-state index is 0.314. The molecule has 1 amide bonds. The SMILES string of the molecule is O=C1[C@H]2CCCC[C@H]2CN1c1ccccc1. The standard InChI is InChI=1S/C14H17NO/c16-14-13-9-5-4-6-11(13)10-15(14)12-7-2-1-3-8-12/h1-3,7-8,11,13H,4-6,9-10H2/t11-,13-/m0/s1. The van der Waals surface area contributed by atoms with E-state index in [0.29, 0.717) is 17.7 Å². The molecule has 2 fully saturated rings.